The molecular weight excluding hydrogens is 250 g/mol. The minimum atomic E-state index is -1.09. The zero-order valence-electron chi connectivity index (χ0n) is 10.3. The molecule has 0 spiro atoms. The molecule has 1 atom stereocenters. The molecule has 0 aliphatic carbocycles. The molecule has 1 amide bonds. The summed E-state index contributed by atoms with van der Waals surface area (Å²) in [4.78, 5) is 24.5. The molecule has 19 heavy (non-hydrogen) atoms. The third-order valence-corrected chi connectivity index (χ3v) is 3.64. The Labute approximate surface area is 109 Å². The number of hydrogen-bond donors (Lipinski definition) is 2. The van der Waals surface area contributed by atoms with Crippen molar-refractivity contribution in [2.75, 3.05) is 19.6 Å². The van der Waals surface area contributed by atoms with Gasteiger partial charge in [-0.15, -0.1) is 5.10 Å². The maximum atomic E-state index is 12.0. The Hall–Kier alpha value is -1.96. The average Bonchev–Trinajstić information content (AvgIpc) is 2.98. The van der Waals surface area contributed by atoms with Crippen molar-refractivity contribution >= 4 is 11.9 Å². The van der Waals surface area contributed by atoms with Gasteiger partial charge in [0.15, 0.2) is 5.69 Å². The minimum absolute atomic E-state index is 0.0333. The number of carboxylic acids is 1. The first-order valence-corrected chi connectivity index (χ1v) is 6.32. The smallest absolute Gasteiger partial charge is 0.358 e. The van der Waals surface area contributed by atoms with E-state index in [1.165, 1.54) is 10.9 Å². The number of carbonyl (C=O) groups excluding carboxylic acids is 1. The van der Waals surface area contributed by atoms with Crippen LogP contribution < -0.4 is 5.32 Å². The van der Waals surface area contributed by atoms with E-state index in [-0.39, 0.29) is 23.7 Å². The highest BCUT2D eigenvalue weighted by atomic mass is 16.4. The number of aromatic carboxylic acids is 1. The summed E-state index contributed by atoms with van der Waals surface area (Å²) < 4.78 is 1.52. The van der Waals surface area contributed by atoms with Gasteiger partial charge in [0.1, 0.15) is 0 Å². The van der Waals surface area contributed by atoms with Crippen molar-refractivity contribution in [3.8, 4) is 0 Å². The SMILES string of the molecule is O=C(O)c1cn(C2CN(C(=O)C3CCCN3)C2)nn1. The van der Waals surface area contributed by atoms with E-state index in [2.05, 4.69) is 15.6 Å². The molecule has 3 rings (SSSR count). The van der Waals surface area contributed by atoms with Gasteiger partial charge >= 0.3 is 5.97 Å². The topological polar surface area (TPSA) is 100 Å². The summed E-state index contributed by atoms with van der Waals surface area (Å²) in [6.45, 7) is 2.04. The van der Waals surface area contributed by atoms with Gasteiger partial charge in [-0.3, -0.25) is 4.79 Å². The fourth-order valence-corrected chi connectivity index (χ4v) is 2.47. The lowest BCUT2D eigenvalue weighted by molar-refractivity contribution is -0.139. The van der Waals surface area contributed by atoms with Gasteiger partial charge in [-0.25, -0.2) is 9.48 Å². The summed E-state index contributed by atoms with van der Waals surface area (Å²) in [7, 11) is 0. The van der Waals surface area contributed by atoms with Crippen LogP contribution in [-0.2, 0) is 4.79 Å². The van der Waals surface area contributed by atoms with Crippen LogP contribution in [0.1, 0.15) is 29.4 Å². The first-order valence-electron chi connectivity index (χ1n) is 6.32. The van der Waals surface area contributed by atoms with E-state index in [1.54, 1.807) is 4.90 Å². The fourth-order valence-electron chi connectivity index (χ4n) is 2.47. The first kappa shape index (κ1) is 12.1. The Morgan fingerprint density at radius 1 is 1.42 bits per heavy atom. The summed E-state index contributed by atoms with van der Waals surface area (Å²) >= 11 is 0. The molecule has 1 unspecified atom stereocenters. The standard InChI is InChI=1S/C11H15N5O3/c17-10(8-2-1-3-12-8)15-4-7(5-15)16-6-9(11(18)19)13-14-16/h6-8,12H,1-5H2,(H,18,19). The number of hydrogen-bond acceptors (Lipinski definition) is 5. The number of aromatic nitrogens is 3. The van der Waals surface area contributed by atoms with Crippen LogP contribution in [0.2, 0.25) is 0 Å². The number of likely N-dealkylation sites (tertiary alicyclic amines) is 1. The maximum Gasteiger partial charge on any atom is 0.358 e. The van der Waals surface area contributed by atoms with E-state index in [0.717, 1.165) is 19.4 Å². The van der Waals surface area contributed by atoms with E-state index in [0.29, 0.717) is 13.1 Å². The summed E-state index contributed by atoms with van der Waals surface area (Å²) in [5.41, 5.74) is -0.0674. The van der Waals surface area contributed by atoms with E-state index >= 15 is 0 Å². The molecule has 2 fully saturated rings. The van der Waals surface area contributed by atoms with Crippen LogP contribution in [0.25, 0.3) is 0 Å². The number of carboxylic acid groups (broad SMARTS) is 1. The number of carbonyl (C=O) groups is 2. The third-order valence-electron chi connectivity index (χ3n) is 3.64. The quantitative estimate of drug-likeness (QED) is 0.735. The Morgan fingerprint density at radius 2 is 2.21 bits per heavy atom. The molecule has 2 saturated heterocycles. The van der Waals surface area contributed by atoms with Gasteiger partial charge in [0.05, 0.1) is 18.3 Å². The molecular formula is C11H15N5O3. The van der Waals surface area contributed by atoms with Gasteiger partial charge in [0.25, 0.3) is 0 Å². The Bertz CT molecular complexity index is 502. The van der Waals surface area contributed by atoms with Crippen LogP contribution >= 0.6 is 0 Å². The molecule has 2 N–H and O–H groups in total. The van der Waals surface area contributed by atoms with E-state index in [4.69, 9.17) is 5.11 Å². The van der Waals surface area contributed by atoms with Crippen LogP contribution in [0.5, 0.6) is 0 Å². The number of rotatable bonds is 3. The zero-order valence-corrected chi connectivity index (χ0v) is 10.3. The first-order chi connectivity index (χ1) is 9.15. The van der Waals surface area contributed by atoms with Gasteiger partial charge in [0.2, 0.25) is 5.91 Å². The zero-order chi connectivity index (χ0) is 13.4. The lowest BCUT2D eigenvalue weighted by Crippen LogP contribution is -2.55. The maximum absolute atomic E-state index is 12.0. The van der Waals surface area contributed by atoms with Crippen LogP contribution in [0.15, 0.2) is 6.20 Å². The highest BCUT2D eigenvalue weighted by Gasteiger charge is 2.36. The number of nitrogens with one attached hydrogen (secondary N) is 1. The molecule has 0 bridgehead atoms. The van der Waals surface area contributed by atoms with Crippen molar-refractivity contribution in [1.82, 2.24) is 25.2 Å². The van der Waals surface area contributed by atoms with E-state index in [1.807, 2.05) is 0 Å². The molecule has 8 heteroatoms. The van der Waals surface area contributed by atoms with Crippen LogP contribution in [-0.4, -0.2) is 62.6 Å². The predicted molar refractivity (Wildman–Crippen MR) is 63.6 cm³/mol. The van der Waals surface area contributed by atoms with E-state index < -0.39 is 5.97 Å². The van der Waals surface area contributed by atoms with Gasteiger partial charge in [-0.1, -0.05) is 5.21 Å². The minimum Gasteiger partial charge on any atom is -0.476 e. The highest BCUT2D eigenvalue weighted by molar-refractivity contribution is 5.84. The van der Waals surface area contributed by atoms with Gasteiger partial charge in [-0.05, 0) is 19.4 Å². The molecule has 1 aromatic heterocycles. The van der Waals surface area contributed by atoms with Crippen molar-refractivity contribution in [3.05, 3.63) is 11.9 Å². The highest BCUT2D eigenvalue weighted by Crippen LogP contribution is 2.22. The predicted octanol–water partition coefficient (Wildman–Crippen LogP) is -0.888. The van der Waals surface area contributed by atoms with Crippen molar-refractivity contribution in [1.29, 1.82) is 0 Å². The van der Waals surface area contributed by atoms with Crippen LogP contribution in [0.3, 0.4) is 0 Å². The third kappa shape index (κ3) is 2.19. The molecule has 1 aromatic rings. The fraction of sp³-hybridized carbons (Fsp3) is 0.636. The molecule has 0 saturated carbocycles. The largest absolute Gasteiger partial charge is 0.476 e. The second-order valence-corrected chi connectivity index (χ2v) is 4.93. The summed E-state index contributed by atoms with van der Waals surface area (Å²) in [6, 6.07) is -0.0165. The summed E-state index contributed by atoms with van der Waals surface area (Å²) in [5, 5.41) is 19.3. The van der Waals surface area contributed by atoms with Gasteiger partial charge in [-0.2, -0.15) is 0 Å². The number of amides is 1. The van der Waals surface area contributed by atoms with Crippen molar-refractivity contribution in [2.24, 2.45) is 0 Å². The normalized spacial score (nSPS) is 23.4. The Balaban J connectivity index is 1.56. The molecule has 2 aliphatic heterocycles. The van der Waals surface area contributed by atoms with Crippen molar-refractivity contribution in [3.63, 3.8) is 0 Å². The van der Waals surface area contributed by atoms with E-state index in [9.17, 15) is 9.59 Å². The lowest BCUT2D eigenvalue weighted by atomic mass is 10.1. The summed E-state index contributed by atoms with van der Waals surface area (Å²) in [6.07, 6.45) is 3.34. The monoisotopic (exact) mass is 265 g/mol. The molecule has 0 radical (unpaired) electrons. The van der Waals surface area contributed by atoms with Gasteiger partial charge < -0.3 is 15.3 Å². The average molecular weight is 265 g/mol. The van der Waals surface area contributed by atoms with Crippen molar-refractivity contribution < 1.29 is 14.7 Å². The van der Waals surface area contributed by atoms with Gasteiger partial charge in [0, 0.05) is 13.1 Å². The molecule has 8 nitrogen and oxygen atoms in total. The molecule has 0 aromatic carbocycles. The van der Waals surface area contributed by atoms with Crippen molar-refractivity contribution in [2.45, 2.75) is 24.9 Å². The number of nitrogens with zero attached hydrogens (tertiary/aromatic N) is 4. The molecule has 2 aliphatic rings. The molecule has 3 heterocycles. The molecule has 102 valence electrons. The van der Waals surface area contributed by atoms with Crippen LogP contribution in [0, 0.1) is 0 Å². The van der Waals surface area contributed by atoms with Crippen LogP contribution in [0.4, 0.5) is 0 Å². The lowest BCUT2D eigenvalue weighted by Gasteiger charge is -2.40. The Kier molecular flexibility index (Phi) is 2.94. The second-order valence-electron chi connectivity index (χ2n) is 4.93. The second kappa shape index (κ2) is 4.61. The Morgan fingerprint density at radius 3 is 2.79 bits per heavy atom. The summed E-state index contributed by atoms with van der Waals surface area (Å²) in [5.74, 6) is -0.957.